The van der Waals surface area contributed by atoms with Gasteiger partial charge in [0, 0.05) is 25.6 Å². The normalized spacial score (nSPS) is 10.6. The van der Waals surface area contributed by atoms with Crippen molar-refractivity contribution in [3.8, 4) is 0 Å². The Morgan fingerprint density at radius 3 is 2.54 bits per heavy atom. The van der Waals surface area contributed by atoms with Gasteiger partial charge in [-0.2, -0.15) is 0 Å². The highest BCUT2D eigenvalue weighted by Gasteiger charge is 2.20. The summed E-state index contributed by atoms with van der Waals surface area (Å²) in [5.41, 5.74) is 1.70. The van der Waals surface area contributed by atoms with E-state index in [4.69, 9.17) is 4.42 Å². The monoisotopic (exact) mass is 328 g/mol. The second kappa shape index (κ2) is 8.91. The van der Waals surface area contributed by atoms with Gasteiger partial charge in [-0.1, -0.05) is 30.3 Å². The molecular formula is C19H24N2O3. The Labute approximate surface area is 142 Å². The summed E-state index contributed by atoms with van der Waals surface area (Å²) in [4.78, 5) is 26.1. The van der Waals surface area contributed by atoms with Crippen molar-refractivity contribution in [2.45, 2.75) is 32.7 Å². The third kappa shape index (κ3) is 5.26. The number of hydrogen-bond donors (Lipinski definition) is 1. The molecule has 0 bridgehead atoms. The lowest BCUT2D eigenvalue weighted by atomic mass is 10.1. The van der Waals surface area contributed by atoms with Crippen LogP contribution in [0.2, 0.25) is 0 Å². The first-order valence-electron chi connectivity index (χ1n) is 8.21. The van der Waals surface area contributed by atoms with Gasteiger partial charge >= 0.3 is 0 Å². The molecule has 1 aromatic carbocycles. The standard InChI is InChI=1S/C19H24N2O3/c1-15(2)21(19(23)17-10-13-24-14-17)12-9-18(22)20-11-8-16-6-4-3-5-7-16/h3-7,10,13-15H,8-9,11-12H2,1-2H3,(H,20,22). The molecule has 1 aromatic heterocycles. The summed E-state index contributed by atoms with van der Waals surface area (Å²) in [6.07, 6.45) is 3.99. The largest absolute Gasteiger partial charge is 0.472 e. The van der Waals surface area contributed by atoms with Crippen LogP contribution in [0.25, 0.3) is 0 Å². The molecule has 2 amide bonds. The fourth-order valence-corrected chi connectivity index (χ4v) is 2.45. The molecule has 5 heteroatoms. The zero-order valence-corrected chi connectivity index (χ0v) is 14.2. The van der Waals surface area contributed by atoms with Gasteiger partial charge in [-0.15, -0.1) is 0 Å². The van der Waals surface area contributed by atoms with Crippen LogP contribution in [0.5, 0.6) is 0 Å². The zero-order chi connectivity index (χ0) is 17.4. The van der Waals surface area contributed by atoms with Gasteiger partial charge in [0.05, 0.1) is 11.8 Å². The van der Waals surface area contributed by atoms with E-state index in [-0.39, 0.29) is 24.3 Å². The summed E-state index contributed by atoms with van der Waals surface area (Å²) in [7, 11) is 0. The van der Waals surface area contributed by atoms with Crippen molar-refractivity contribution in [2.24, 2.45) is 0 Å². The molecule has 0 saturated carbocycles. The van der Waals surface area contributed by atoms with Gasteiger partial charge in [0.2, 0.25) is 5.91 Å². The predicted molar refractivity (Wildman–Crippen MR) is 92.7 cm³/mol. The molecule has 0 aliphatic carbocycles. The molecule has 0 spiro atoms. The van der Waals surface area contributed by atoms with E-state index in [9.17, 15) is 9.59 Å². The number of benzene rings is 1. The molecule has 0 aliphatic heterocycles. The highest BCUT2D eigenvalue weighted by Crippen LogP contribution is 2.10. The molecule has 1 N–H and O–H groups in total. The first-order chi connectivity index (χ1) is 11.6. The number of rotatable bonds is 8. The zero-order valence-electron chi connectivity index (χ0n) is 14.2. The smallest absolute Gasteiger partial charge is 0.257 e. The van der Waals surface area contributed by atoms with Crippen LogP contribution in [0, 0.1) is 0 Å². The SMILES string of the molecule is CC(C)N(CCC(=O)NCCc1ccccc1)C(=O)c1ccoc1. The fraction of sp³-hybridized carbons (Fsp3) is 0.368. The Bertz CT molecular complexity index is 636. The molecular weight excluding hydrogens is 304 g/mol. The number of hydrogen-bond acceptors (Lipinski definition) is 3. The first-order valence-corrected chi connectivity index (χ1v) is 8.21. The van der Waals surface area contributed by atoms with Crippen molar-refractivity contribution >= 4 is 11.8 Å². The molecule has 0 unspecified atom stereocenters. The Hall–Kier alpha value is -2.56. The fourth-order valence-electron chi connectivity index (χ4n) is 2.45. The van der Waals surface area contributed by atoms with Crippen LogP contribution in [-0.4, -0.2) is 35.8 Å². The van der Waals surface area contributed by atoms with Crippen molar-refractivity contribution in [1.82, 2.24) is 10.2 Å². The summed E-state index contributed by atoms with van der Waals surface area (Å²) < 4.78 is 4.96. The van der Waals surface area contributed by atoms with Crippen molar-refractivity contribution in [3.63, 3.8) is 0 Å². The van der Waals surface area contributed by atoms with Crippen LogP contribution < -0.4 is 5.32 Å². The lowest BCUT2D eigenvalue weighted by molar-refractivity contribution is -0.121. The number of furan rings is 1. The summed E-state index contributed by atoms with van der Waals surface area (Å²) >= 11 is 0. The van der Waals surface area contributed by atoms with E-state index < -0.39 is 0 Å². The summed E-state index contributed by atoms with van der Waals surface area (Å²) in [6, 6.07) is 11.7. The molecule has 0 aliphatic rings. The molecule has 0 radical (unpaired) electrons. The average molecular weight is 328 g/mol. The predicted octanol–water partition coefficient (Wildman–Crippen LogP) is 2.88. The minimum atomic E-state index is -0.115. The van der Waals surface area contributed by atoms with E-state index in [0.29, 0.717) is 18.7 Å². The molecule has 2 rings (SSSR count). The minimum absolute atomic E-state index is 0.0181. The Morgan fingerprint density at radius 2 is 1.92 bits per heavy atom. The van der Waals surface area contributed by atoms with Gasteiger partial charge in [0.25, 0.3) is 5.91 Å². The number of nitrogens with one attached hydrogen (secondary N) is 1. The Morgan fingerprint density at radius 1 is 1.17 bits per heavy atom. The van der Waals surface area contributed by atoms with Crippen LogP contribution in [0.15, 0.2) is 53.3 Å². The lowest BCUT2D eigenvalue weighted by Crippen LogP contribution is -2.39. The number of amides is 2. The third-order valence-corrected chi connectivity index (χ3v) is 3.81. The van der Waals surface area contributed by atoms with Crippen LogP contribution in [0.3, 0.4) is 0 Å². The lowest BCUT2D eigenvalue weighted by Gasteiger charge is -2.26. The van der Waals surface area contributed by atoms with E-state index in [1.165, 1.54) is 18.1 Å². The summed E-state index contributed by atoms with van der Waals surface area (Å²) in [5, 5.41) is 2.90. The topological polar surface area (TPSA) is 62.6 Å². The van der Waals surface area contributed by atoms with Crippen LogP contribution in [-0.2, 0) is 11.2 Å². The maximum Gasteiger partial charge on any atom is 0.257 e. The van der Waals surface area contributed by atoms with E-state index in [1.807, 2.05) is 44.2 Å². The maximum atomic E-state index is 12.4. The first kappa shape index (κ1) is 17.8. The Balaban J connectivity index is 1.77. The molecule has 0 fully saturated rings. The van der Waals surface area contributed by atoms with Crippen LogP contribution in [0.4, 0.5) is 0 Å². The van der Waals surface area contributed by atoms with E-state index >= 15 is 0 Å². The van der Waals surface area contributed by atoms with Gasteiger partial charge in [-0.05, 0) is 31.9 Å². The molecule has 1 heterocycles. The third-order valence-electron chi connectivity index (χ3n) is 3.81. The average Bonchev–Trinajstić information content (AvgIpc) is 3.10. The van der Waals surface area contributed by atoms with Gasteiger partial charge in [0.15, 0.2) is 0 Å². The molecule has 0 atom stereocenters. The molecule has 128 valence electrons. The van der Waals surface area contributed by atoms with Crippen LogP contribution in [0.1, 0.15) is 36.2 Å². The van der Waals surface area contributed by atoms with Gasteiger partial charge < -0.3 is 14.6 Å². The second-order valence-corrected chi connectivity index (χ2v) is 5.94. The van der Waals surface area contributed by atoms with Crippen molar-refractivity contribution in [2.75, 3.05) is 13.1 Å². The second-order valence-electron chi connectivity index (χ2n) is 5.94. The number of carbonyl (C=O) groups excluding carboxylic acids is 2. The number of carbonyl (C=O) groups is 2. The van der Waals surface area contributed by atoms with Crippen molar-refractivity contribution in [1.29, 1.82) is 0 Å². The van der Waals surface area contributed by atoms with Crippen molar-refractivity contribution < 1.29 is 14.0 Å². The minimum Gasteiger partial charge on any atom is -0.472 e. The van der Waals surface area contributed by atoms with E-state index in [2.05, 4.69) is 5.32 Å². The van der Waals surface area contributed by atoms with Crippen molar-refractivity contribution in [3.05, 3.63) is 60.1 Å². The highest BCUT2D eigenvalue weighted by molar-refractivity contribution is 5.94. The van der Waals surface area contributed by atoms with Crippen LogP contribution >= 0.6 is 0 Å². The van der Waals surface area contributed by atoms with Gasteiger partial charge in [-0.25, -0.2) is 0 Å². The molecule has 2 aromatic rings. The Kier molecular flexibility index (Phi) is 6.61. The van der Waals surface area contributed by atoms with E-state index in [1.54, 1.807) is 11.0 Å². The maximum absolute atomic E-state index is 12.4. The van der Waals surface area contributed by atoms with E-state index in [0.717, 1.165) is 6.42 Å². The summed E-state index contributed by atoms with van der Waals surface area (Å²) in [6.45, 7) is 4.86. The summed E-state index contributed by atoms with van der Waals surface area (Å²) in [5.74, 6) is -0.160. The molecule has 24 heavy (non-hydrogen) atoms. The highest BCUT2D eigenvalue weighted by atomic mass is 16.3. The van der Waals surface area contributed by atoms with Gasteiger partial charge in [0.1, 0.15) is 6.26 Å². The number of nitrogens with zero attached hydrogens (tertiary/aromatic N) is 1. The molecule has 5 nitrogen and oxygen atoms in total. The quantitative estimate of drug-likeness (QED) is 0.810. The molecule has 0 saturated heterocycles. The van der Waals surface area contributed by atoms with Gasteiger partial charge in [-0.3, -0.25) is 9.59 Å².